The zero-order valence-corrected chi connectivity index (χ0v) is 12.7. The van der Waals surface area contributed by atoms with E-state index in [-0.39, 0.29) is 0 Å². The van der Waals surface area contributed by atoms with Crippen molar-refractivity contribution in [1.82, 2.24) is 13.6 Å². The van der Waals surface area contributed by atoms with Crippen LogP contribution >= 0.6 is 23.5 Å². The summed E-state index contributed by atoms with van der Waals surface area (Å²) in [7, 11) is 2.16. The van der Waals surface area contributed by atoms with Gasteiger partial charge in [0.15, 0.2) is 5.03 Å². The zero-order valence-electron chi connectivity index (χ0n) is 11.1. The summed E-state index contributed by atoms with van der Waals surface area (Å²) in [6, 6.07) is 0. The third kappa shape index (κ3) is 4.10. The molecule has 0 bridgehead atoms. The number of aromatic nitrogens is 2. The molecule has 1 aliphatic heterocycles. The maximum atomic E-state index is 5.99. The summed E-state index contributed by atoms with van der Waals surface area (Å²) in [6.07, 6.45) is 4.93. The van der Waals surface area contributed by atoms with Crippen LogP contribution in [0.5, 0.6) is 5.88 Å². The van der Waals surface area contributed by atoms with Crippen LogP contribution in [0, 0.1) is 0 Å². The fourth-order valence-corrected chi connectivity index (χ4v) is 3.52. The van der Waals surface area contributed by atoms with Gasteiger partial charge in [0.1, 0.15) is 6.10 Å². The molecule has 1 aromatic rings. The second kappa shape index (κ2) is 7.31. The summed E-state index contributed by atoms with van der Waals surface area (Å²) >= 11 is 3.03. The van der Waals surface area contributed by atoms with Gasteiger partial charge in [-0.15, -0.1) is 4.37 Å². The number of unbranched alkanes of at least 4 members (excludes halogenated alkanes) is 1. The van der Waals surface area contributed by atoms with Crippen LogP contribution in [0.15, 0.2) is 5.03 Å². The molecular weight excluding hydrogens is 266 g/mol. The molecular formula is C12H21N3OS2. The van der Waals surface area contributed by atoms with Crippen molar-refractivity contribution in [3.05, 3.63) is 0 Å². The lowest BCUT2D eigenvalue weighted by atomic mass is 10.1. The van der Waals surface area contributed by atoms with Crippen molar-refractivity contribution in [3.8, 4) is 5.88 Å². The van der Waals surface area contributed by atoms with Crippen molar-refractivity contribution >= 4 is 23.5 Å². The van der Waals surface area contributed by atoms with Crippen molar-refractivity contribution < 1.29 is 4.74 Å². The van der Waals surface area contributed by atoms with Crippen molar-refractivity contribution in [2.24, 2.45) is 0 Å². The molecule has 0 atom stereocenters. The Bertz CT molecular complexity index is 351. The van der Waals surface area contributed by atoms with Crippen LogP contribution in [0.4, 0.5) is 0 Å². The Morgan fingerprint density at radius 1 is 1.39 bits per heavy atom. The Balaban J connectivity index is 1.83. The van der Waals surface area contributed by atoms with Crippen LogP contribution in [0.1, 0.15) is 32.6 Å². The van der Waals surface area contributed by atoms with Crippen LogP contribution in [-0.4, -0.2) is 45.6 Å². The monoisotopic (exact) mass is 287 g/mol. The smallest absolute Gasteiger partial charge is 0.260 e. The van der Waals surface area contributed by atoms with E-state index in [4.69, 9.17) is 4.74 Å². The molecule has 0 spiro atoms. The van der Waals surface area contributed by atoms with Gasteiger partial charge < -0.3 is 9.64 Å². The van der Waals surface area contributed by atoms with Gasteiger partial charge in [0.05, 0.1) is 11.7 Å². The fourth-order valence-electron chi connectivity index (χ4n) is 1.91. The molecule has 1 aromatic heterocycles. The first-order valence-electron chi connectivity index (χ1n) is 6.60. The minimum Gasteiger partial charge on any atom is -0.472 e. The predicted molar refractivity (Wildman–Crippen MR) is 76.7 cm³/mol. The third-order valence-electron chi connectivity index (χ3n) is 3.11. The average Bonchev–Trinajstić information content (AvgIpc) is 2.80. The van der Waals surface area contributed by atoms with Crippen molar-refractivity contribution in [2.75, 3.05) is 25.9 Å². The maximum Gasteiger partial charge on any atom is 0.260 e. The molecule has 1 saturated heterocycles. The summed E-state index contributed by atoms with van der Waals surface area (Å²) < 4.78 is 14.6. The average molecular weight is 287 g/mol. The van der Waals surface area contributed by atoms with Crippen molar-refractivity contribution in [2.45, 2.75) is 43.7 Å². The number of ether oxygens (including phenoxy) is 1. The summed E-state index contributed by atoms with van der Waals surface area (Å²) in [5.41, 5.74) is 0. The highest BCUT2D eigenvalue weighted by Gasteiger charge is 2.21. The van der Waals surface area contributed by atoms with Crippen molar-refractivity contribution in [1.29, 1.82) is 0 Å². The minimum absolute atomic E-state index is 0.315. The predicted octanol–water partition coefficient (Wildman–Crippen LogP) is 2.90. The topological polar surface area (TPSA) is 38.3 Å². The number of thioether (sulfide) groups is 1. The largest absolute Gasteiger partial charge is 0.472 e. The van der Waals surface area contributed by atoms with Gasteiger partial charge in [-0.3, -0.25) is 0 Å². The highest BCUT2D eigenvalue weighted by Crippen LogP contribution is 2.29. The molecule has 0 amide bonds. The van der Waals surface area contributed by atoms with Gasteiger partial charge in [0.25, 0.3) is 5.88 Å². The number of hydrogen-bond acceptors (Lipinski definition) is 6. The van der Waals surface area contributed by atoms with E-state index in [1.165, 1.54) is 24.6 Å². The van der Waals surface area contributed by atoms with Gasteiger partial charge in [-0.1, -0.05) is 25.1 Å². The van der Waals surface area contributed by atoms with Crippen molar-refractivity contribution in [3.63, 3.8) is 0 Å². The van der Waals surface area contributed by atoms with Crippen LogP contribution < -0.4 is 4.74 Å². The van der Waals surface area contributed by atoms with E-state index < -0.39 is 0 Å². The molecule has 4 nitrogen and oxygen atoms in total. The SMILES string of the molecule is CCCCSc1nsnc1OC1CCN(C)CC1. The Labute approximate surface area is 117 Å². The molecule has 2 rings (SSSR count). The molecule has 0 radical (unpaired) electrons. The quantitative estimate of drug-likeness (QED) is 0.594. The molecule has 0 saturated carbocycles. The minimum atomic E-state index is 0.315. The van der Waals surface area contributed by atoms with Crippen LogP contribution in [0.2, 0.25) is 0 Å². The van der Waals surface area contributed by atoms with E-state index >= 15 is 0 Å². The summed E-state index contributed by atoms with van der Waals surface area (Å²) in [6.45, 7) is 4.43. The molecule has 1 aliphatic rings. The lowest BCUT2D eigenvalue weighted by Crippen LogP contribution is -2.35. The van der Waals surface area contributed by atoms with Gasteiger partial charge in [-0.05, 0) is 32.1 Å². The van der Waals surface area contributed by atoms with E-state index in [0.29, 0.717) is 6.10 Å². The van der Waals surface area contributed by atoms with E-state index in [9.17, 15) is 0 Å². The first kappa shape index (κ1) is 14.1. The first-order chi connectivity index (χ1) is 8.79. The summed E-state index contributed by atoms with van der Waals surface area (Å²) in [5.74, 6) is 1.86. The number of likely N-dealkylation sites (tertiary alicyclic amines) is 1. The lowest BCUT2D eigenvalue weighted by Gasteiger charge is -2.28. The molecule has 0 unspecified atom stereocenters. The molecule has 1 fully saturated rings. The lowest BCUT2D eigenvalue weighted by molar-refractivity contribution is 0.108. The van der Waals surface area contributed by atoms with E-state index in [1.54, 1.807) is 11.8 Å². The molecule has 102 valence electrons. The molecule has 0 aliphatic carbocycles. The Morgan fingerprint density at radius 2 is 2.17 bits per heavy atom. The summed E-state index contributed by atoms with van der Waals surface area (Å²) in [5, 5.41) is 0.979. The van der Waals surface area contributed by atoms with Gasteiger partial charge in [-0.25, -0.2) is 0 Å². The summed E-state index contributed by atoms with van der Waals surface area (Å²) in [4.78, 5) is 2.34. The maximum absolute atomic E-state index is 5.99. The zero-order chi connectivity index (χ0) is 12.8. The standard InChI is InChI=1S/C12H21N3OS2/c1-3-4-9-17-12-11(13-18-14-12)16-10-5-7-15(2)8-6-10/h10H,3-9H2,1-2H3. The van der Waals surface area contributed by atoms with Crippen LogP contribution in [0.3, 0.4) is 0 Å². The highest BCUT2D eigenvalue weighted by atomic mass is 32.2. The number of piperidine rings is 1. The highest BCUT2D eigenvalue weighted by molar-refractivity contribution is 7.99. The Morgan fingerprint density at radius 3 is 2.89 bits per heavy atom. The van der Waals surface area contributed by atoms with E-state index in [1.807, 2.05) is 0 Å². The van der Waals surface area contributed by atoms with E-state index in [2.05, 4.69) is 27.6 Å². The van der Waals surface area contributed by atoms with Gasteiger partial charge >= 0.3 is 0 Å². The molecule has 6 heteroatoms. The number of hydrogen-bond donors (Lipinski definition) is 0. The molecule has 0 N–H and O–H groups in total. The molecule has 18 heavy (non-hydrogen) atoms. The second-order valence-electron chi connectivity index (χ2n) is 4.70. The number of rotatable bonds is 6. The van der Waals surface area contributed by atoms with E-state index in [0.717, 1.165) is 42.6 Å². The van der Waals surface area contributed by atoms with Gasteiger partial charge in [0, 0.05) is 13.1 Å². The third-order valence-corrected chi connectivity index (χ3v) is 4.77. The van der Waals surface area contributed by atoms with Gasteiger partial charge in [-0.2, -0.15) is 4.37 Å². The normalized spacial score (nSPS) is 18.1. The number of nitrogens with zero attached hydrogens (tertiary/aromatic N) is 3. The van der Waals surface area contributed by atoms with Crippen LogP contribution in [-0.2, 0) is 0 Å². The second-order valence-corrected chi connectivity index (χ2v) is 6.31. The fraction of sp³-hybridized carbons (Fsp3) is 0.833. The molecule has 0 aromatic carbocycles. The Hall–Kier alpha value is -0.330. The molecule has 2 heterocycles. The first-order valence-corrected chi connectivity index (χ1v) is 8.31. The van der Waals surface area contributed by atoms with Crippen LogP contribution in [0.25, 0.3) is 0 Å². The Kier molecular flexibility index (Phi) is 5.72. The van der Waals surface area contributed by atoms with Gasteiger partial charge in [0.2, 0.25) is 0 Å².